The third kappa shape index (κ3) is 4.51. The summed E-state index contributed by atoms with van der Waals surface area (Å²) < 4.78 is 6.36. The quantitative estimate of drug-likeness (QED) is 0.170. The summed E-state index contributed by atoms with van der Waals surface area (Å²) in [7, 11) is 0. The molecular weight excluding hydrogens is 710 g/mol. The predicted molar refractivity (Wildman–Crippen MR) is 173 cm³/mol. The molecule has 4 aromatic carbocycles. The molecular formula is C37H31N5Pt. The molecule has 0 aliphatic heterocycles. The van der Waals surface area contributed by atoms with E-state index in [1.807, 2.05) is 23.1 Å². The smallest absolute Gasteiger partial charge is 0.358 e. The molecule has 0 unspecified atom stereocenters. The van der Waals surface area contributed by atoms with Crippen molar-refractivity contribution in [3.05, 3.63) is 127 Å². The predicted octanol–water partition coefficient (Wildman–Crippen LogP) is 8.99. The van der Waals surface area contributed by atoms with Gasteiger partial charge in [0.1, 0.15) is 5.82 Å². The van der Waals surface area contributed by atoms with Crippen LogP contribution in [0.5, 0.6) is 0 Å². The summed E-state index contributed by atoms with van der Waals surface area (Å²) in [6.45, 7) is 6.70. The molecule has 0 N–H and O–H groups in total. The van der Waals surface area contributed by atoms with Gasteiger partial charge in [0.2, 0.25) is 0 Å². The van der Waals surface area contributed by atoms with Gasteiger partial charge in [-0.25, -0.2) is 4.98 Å². The summed E-state index contributed by atoms with van der Waals surface area (Å²) >= 11 is 0. The van der Waals surface area contributed by atoms with Crippen LogP contribution in [0.15, 0.2) is 110 Å². The summed E-state index contributed by atoms with van der Waals surface area (Å²) in [5.41, 5.74) is 7.32. The van der Waals surface area contributed by atoms with Crippen molar-refractivity contribution in [1.82, 2.24) is 23.9 Å². The average molecular weight is 741 g/mol. The monoisotopic (exact) mass is 740 g/mol. The van der Waals surface area contributed by atoms with Gasteiger partial charge < -0.3 is 9.13 Å². The number of benzene rings is 4. The van der Waals surface area contributed by atoms with Crippen molar-refractivity contribution in [1.29, 1.82) is 0 Å². The molecule has 0 fully saturated rings. The van der Waals surface area contributed by atoms with E-state index >= 15 is 0 Å². The largest absolute Gasteiger partial charge is 2.00 e. The summed E-state index contributed by atoms with van der Waals surface area (Å²) in [6, 6.07) is 39.4. The van der Waals surface area contributed by atoms with Crippen molar-refractivity contribution >= 4 is 43.6 Å². The number of hydrogen-bond acceptors (Lipinski definition) is 2. The molecule has 5 nitrogen and oxygen atoms in total. The normalized spacial score (nSPS) is 11.7. The maximum absolute atomic E-state index is 4.85. The third-order valence-electron chi connectivity index (χ3n) is 7.97. The molecule has 0 aliphatic carbocycles. The number of pyridine rings is 1. The molecule has 0 saturated carbocycles. The first kappa shape index (κ1) is 28.6. The van der Waals surface area contributed by atoms with Gasteiger partial charge in [0.25, 0.3) is 0 Å². The van der Waals surface area contributed by atoms with Crippen molar-refractivity contribution in [2.24, 2.45) is 0 Å². The van der Waals surface area contributed by atoms with Crippen LogP contribution in [0.1, 0.15) is 33.8 Å². The molecule has 0 aliphatic rings. The molecule has 43 heavy (non-hydrogen) atoms. The van der Waals surface area contributed by atoms with E-state index in [4.69, 9.17) is 4.98 Å². The van der Waals surface area contributed by atoms with Crippen LogP contribution in [0, 0.1) is 12.1 Å². The van der Waals surface area contributed by atoms with E-state index in [1.165, 1.54) is 16.3 Å². The minimum absolute atomic E-state index is 0. The Bertz CT molecular complexity index is 2250. The Morgan fingerprint density at radius 2 is 1.23 bits per heavy atom. The van der Waals surface area contributed by atoms with E-state index in [9.17, 15) is 0 Å². The molecule has 0 bridgehead atoms. The fourth-order valence-electron chi connectivity index (χ4n) is 5.93. The van der Waals surface area contributed by atoms with Gasteiger partial charge >= 0.3 is 21.1 Å². The summed E-state index contributed by atoms with van der Waals surface area (Å²) in [4.78, 5) is 4.85. The van der Waals surface area contributed by atoms with E-state index in [-0.39, 0.29) is 33.9 Å². The first-order valence-electron chi connectivity index (χ1n) is 13.9. The van der Waals surface area contributed by atoms with Crippen molar-refractivity contribution in [3.63, 3.8) is 0 Å². The molecule has 214 valence electrons. The Hall–Kier alpha value is -4.47. The van der Waals surface area contributed by atoms with Crippen LogP contribution >= 0.6 is 0 Å². The van der Waals surface area contributed by atoms with Gasteiger partial charge in [-0.3, -0.25) is 4.68 Å². The Labute approximate surface area is 265 Å². The molecule has 4 heterocycles. The van der Waals surface area contributed by atoms with Gasteiger partial charge in [-0.15, -0.1) is 35.0 Å². The standard InChI is InChI=1S/C36H27N5.CH4.Pt/c1-36(2,3)24-17-19-37-35(21-24)41-32-12-7-5-10-28(32)30-16-14-26(23-34(30)41)40-31-11-6-4-9-27(31)29-15-13-25(22-33(29)40)39-20-8-18-38-39;;/h4-21H,1-3H3;1H4;/q-2;;+2. The van der Waals surface area contributed by atoms with Gasteiger partial charge in [0, 0.05) is 29.6 Å². The van der Waals surface area contributed by atoms with Gasteiger partial charge in [0.05, 0.1) is 0 Å². The number of fused-ring (bicyclic) bond motifs is 6. The second-order valence-electron chi connectivity index (χ2n) is 11.5. The van der Waals surface area contributed by atoms with Gasteiger partial charge in [0.15, 0.2) is 0 Å². The topological polar surface area (TPSA) is 40.6 Å². The number of nitrogens with zero attached hydrogens (tertiary/aromatic N) is 5. The van der Waals surface area contributed by atoms with Crippen LogP contribution in [-0.2, 0) is 26.5 Å². The van der Waals surface area contributed by atoms with E-state index < -0.39 is 0 Å². The van der Waals surface area contributed by atoms with Gasteiger partial charge in [-0.1, -0.05) is 81.3 Å². The molecule has 0 saturated heterocycles. The minimum atomic E-state index is 0. The average Bonchev–Trinajstić information content (AvgIpc) is 3.71. The molecule has 0 amide bonds. The van der Waals surface area contributed by atoms with Crippen LogP contribution in [-0.4, -0.2) is 23.9 Å². The van der Waals surface area contributed by atoms with Crippen LogP contribution in [0.4, 0.5) is 0 Å². The molecule has 0 spiro atoms. The number of hydrogen-bond donors (Lipinski definition) is 0. The fraction of sp³-hybridized carbons (Fsp3) is 0.135. The first-order valence-corrected chi connectivity index (χ1v) is 13.9. The van der Waals surface area contributed by atoms with E-state index in [1.54, 1.807) is 6.20 Å². The van der Waals surface area contributed by atoms with Gasteiger partial charge in [-0.05, 0) is 57.8 Å². The zero-order chi connectivity index (χ0) is 27.7. The zero-order valence-corrected chi connectivity index (χ0v) is 25.7. The molecule has 0 atom stereocenters. The number of para-hydroxylation sites is 2. The second-order valence-corrected chi connectivity index (χ2v) is 11.5. The molecule has 6 heteroatoms. The maximum atomic E-state index is 4.85. The van der Waals surface area contributed by atoms with Crippen molar-refractivity contribution in [2.75, 3.05) is 0 Å². The molecule has 8 aromatic rings. The summed E-state index contributed by atoms with van der Waals surface area (Å²) in [5, 5.41) is 9.10. The maximum Gasteiger partial charge on any atom is 2.00 e. The Morgan fingerprint density at radius 1 is 0.628 bits per heavy atom. The summed E-state index contributed by atoms with van der Waals surface area (Å²) in [6.07, 6.45) is 5.65. The second kappa shape index (κ2) is 10.7. The van der Waals surface area contributed by atoms with Crippen molar-refractivity contribution < 1.29 is 21.1 Å². The first-order chi connectivity index (χ1) is 20.0. The van der Waals surface area contributed by atoms with E-state index in [0.717, 1.165) is 50.0 Å². The number of rotatable bonds is 3. The molecule has 0 radical (unpaired) electrons. The van der Waals surface area contributed by atoms with Crippen LogP contribution in [0.25, 0.3) is 60.8 Å². The SMILES string of the molecule is C.CC(C)(C)c1ccnc(-n2c3[c-]c(-n4c5[c-]c(-n6cccn6)ccc5c5ccccc54)ccc3c3ccccc32)c1.[Pt+2]. The summed E-state index contributed by atoms with van der Waals surface area (Å²) in [5.74, 6) is 0.895. The Kier molecular flexibility index (Phi) is 7.10. The van der Waals surface area contributed by atoms with E-state index in [0.29, 0.717) is 0 Å². The minimum Gasteiger partial charge on any atom is -0.358 e. The van der Waals surface area contributed by atoms with Crippen molar-refractivity contribution in [2.45, 2.75) is 33.6 Å². The Morgan fingerprint density at radius 3 is 1.88 bits per heavy atom. The van der Waals surface area contributed by atoms with Crippen LogP contribution < -0.4 is 0 Å². The zero-order valence-electron chi connectivity index (χ0n) is 23.4. The van der Waals surface area contributed by atoms with Crippen molar-refractivity contribution in [3.8, 4) is 17.2 Å². The van der Waals surface area contributed by atoms with Crippen LogP contribution in [0.3, 0.4) is 0 Å². The Balaban J connectivity index is 0.00000165. The van der Waals surface area contributed by atoms with Crippen LogP contribution in [0.2, 0.25) is 0 Å². The third-order valence-corrected chi connectivity index (χ3v) is 7.97. The fourth-order valence-corrected chi connectivity index (χ4v) is 5.93. The van der Waals surface area contributed by atoms with Gasteiger partial charge in [-0.2, -0.15) is 17.2 Å². The van der Waals surface area contributed by atoms with E-state index in [2.05, 4.69) is 132 Å². The number of aromatic nitrogens is 5. The molecule has 4 aromatic heterocycles. The molecule has 8 rings (SSSR count).